The number of hydrogen-bond acceptors (Lipinski definition) is 6. The van der Waals surface area contributed by atoms with E-state index < -0.39 is 0 Å². The molecule has 0 fully saturated rings. The van der Waals surface area contributed by atoms with Crippen LogP contribution in [0.15, 0.2) is 6.07 Å². The molecule has 0 aliphatic carbocycles. The lowest BCUT2D eigenvalue weighted by Gasteiger charge is -2.09. The molecule has 2 aromatic rings. The smallest absolute Gasteiger partial charge is 0.227 e. The van der Waals surface area contributed by atoms with Crippen LogP contribution in [0.25, 0.3) is 10.2 Å². The van der Waals surface area contributed by atoms with E-state index in [1.807, 2.05) is 6.92 Å². The molecular formula is C15H23N3O2S. The van der Waals surface area contributed by atoms with Gasteiger partial charge in [-0.3, -0.25) is 0 Å². The SMILES string of the molecule is CCCNc1nc(OCCOCC)c2cc(CC)sc2n1. The molecule has 1 N–H and O–H groups in total. The molecule has 2 rings (SSSR count). The summed E-state index contributed by atoms with van der Waals surface area (Å²) in [6, 6.07) is 2.12. The number of thiophene rings is 1. The highest BCUT2D eigenvalue weighted by Crippen LogP contribution is 2.31. The standard InChI is InChI=1S/C15H23N3O2S/c1-4-7-16-15-17-13(20-9-8-19-6-3)12-10-11(5-2)21-14(12)18-15/h10H,4-9H2,1-3H3,(H,16,17,18). The third kappa shape index (κ3) is 4.28. The second-order valence-corrected chi connectivity index (χ2v) is 5.72. The van der Waals surface area contributed by atoms with E-state index in [9.17, 15) is 0 Å². The zero-order valence-electron chi connectivity index (χ0n) is 12.9. The molecule has 21 heavy (non-hydrogen) atoms. The first-order chi connectivity index (χ1) is 10.3. The molecule has 0 saturated carbocycles. The van der Waals surface area contributed by atoms with Gasteiger partial charge in [-0.2, -0.15) is 4.98 Å². The summed E-state index contributed by atoms with van der Waals surface area (Å²) in [5.74, 6) is 1.29. The van der Waals surface area contributed by atoms with Crippen molar-refractivity contribution in [2.24, 2.45) is 0 Å². The van der Waals surface area contributed by atoms with E-state index in [-0.39, 0.29) is 0 Å². The van der Waals surface area contributed by atoms with Gasteiger partial charge in [0.2, 0.25) is 11.8 Å². The highest BCUT2D eigenvalue weighted by Gasteiger charge is 2.12. The van der Waals surface area contributed by atoms with Gasteiger partial charge >= 0.3 is 0 Å². The van der Waals surface area contributed by atoms with Crippen molar-refractivity contribution in [3.63, 3.8) is 0 Å². The van der Waals surface area contributed by atoms with Crippen molar-refractivity contribution in [3.8, 4) is 5.88 Å². The maximum atomic E-state index is 5.79. The van der Waals surface area contributed by atoms with Gasteiger partial charge in [0.25, 0.3) is 0 Å². The van der Waals surface area contributed by atoms with Gasteiger partial charge in [-0.25, -0.2) is 4.98 Å². The van der Waals surface area contributed by atoms with Crippen LogP contribution in [0.4, 0.5) is 5.95 Å². The van der Waals surface area contributed by atoms with E-state index in [0.717, 1.165) is 29.6 Å². The molecule has 0 amide bonds. The molecule has 0 aromatic carbocycles. The van der Waals surface area contributed by atoms with Crippen LogP contribution in [0.1, 0.15) is 32.1 Å². The Bertz CT molecular complexity index is 571. The Morgan fingerprint density at radius 3 is 2.76 bits per heavy atom. The number of rotatable bonds is 9. The number of anilines is 1. The van der Waals surface area contributed by atoms with Crippen LogP contribution >= 0.6 is 11.3 Å². The predicted molar refractivity (Wildman–Crippen MR) is 87.6 cm³/mol. The van der Waals surface area contributed by atoms with Crippen LogP contribution in [0.3, 0.4) is 0 Å². The topological polar surface area (TPSA) is 56.3 Å². The van der Waals surface area contributed by atoms with Crippen LogP contribution in [-0.4, -0.2) is 36.3 Å². The summed E-state index contributed by atoms with van der Waals surface area (Å²) < 4.78 is 11.1. The zero-order chi connectivity index (χ0) is 15.1. The molecule has 116 valence electrons. The minimum Gasteiger partial charge on any atom is -0.475 e. The van der Waals surface area contributed by atoms with Crippen molar-refractivity contribution in [3.05, 3.63) is 10.9 Å². The molecule has 0 unspecified atom stereocenters. The lowest BCUT2D eigenvalue weighted by Crippen LogP contribution is -2.09. The fraction of sp³-hybridized carbons (Fsp3) is 0.600. The average molecular weight is 309 g/mol. The van der Waals surface area contributed by atoms with E-state index in [1.165, 1.54) is 4.88 Å². The second kappa shape index (κ2) is 8.14. The number of aryl methyl sites for hydroxylation is 1. The quantitative estimate of drug-likeness (QED) is 0.719. The molecule has 2 heterocycles. The summed E-state index contributed by atoms with van der Waals surface area (Å²) in [7, 11) is 0. The molecule has 0 aliphatic heterocycles. The van der Waals surface area contributed by atoms with E-state index in [2.05, 4.69) is 35.2 Å². The van der Waals surface area contributed by atoms with E-state index >= 15 is 0 Å². The highest BCUT2D eigenvalue weighted by atomic mass is 32.1. The Morgan fingerprint density at radius 2 is 2.05 bits per heavy atom. The van der Waals surface area contributed by atoms with Crippen molar-refractivity contribution in [1.82, 2.24) is 9.97 Å². The summed E-state index contributed by atoms with van der Waals surface area (Å²) in [5, 5.41) is 4.22. The van der Waals surface area contributed by atoms with Crippen LogP contribution in [0.2, 0.25) is 0 Å². The first-order valence-corrected chi connectivity index (χ1v) is 8.35. The van der Waals surface area contributed by atoms with Gasteiger partial charge in [0, 0.05) is 18.0 Å². The Morgan fingerprint density at radius 1 is 1.19 bits per heavy atom. The Kier molecular flexibility index (Phi) is 6.20. The summed E-state index contributed by atoms with van der Waals surface area (Å²) >= 11 is 1.70. The lowest BCUT2D eigenvalue weighted by atomic mass is 10.3. The molecule has 0 aliphatic rings. The van der Waals surface area contributed by atoms with Gasteiger partial charge in [0.05, 0.1) is 12.0 Å². The van der Waals surface area contributed by atoms with E-state index in [1.54, 1.807) is 11.3 Å². The van der Waals surface area contributed by atoms with E-state index in [0.29, 0.717) is 31.6 Å². The number of nitrogens with zero attached hydrogens (tertiary/aromatic N) is 2. The zero-order valence-corrected chi connectivity index (χ0v) is 13.8. The first kappa shape index (κ1) is 16.0. The monoisotopic (exact) mass is 309 g/mol. The average Bonchev–Trinajstić information content (AvgIpc) is 2.92. The molecule has 5 nitrogen and oxygen atoms in total. The van der Waals surface area contributed by atoms with Gasteiger partial charge in [0.15, 0.2) is 0 Å². The molecule has 0 radical (unpaired) electrons. The van der Waals surface area contributed by atoms with Gasteiger partial charge in [-0.05, 0) is 25.8 Å². The van der Waals surface area contributed by atoms with Crippen molar-refractivity contribution in [2.75, 3.05) is 31.7 Å². The van der Waals surface area contributed by atoms with Gasteiger partial charge < -0.3 is 14.8 Å². The van der Waals surface area contributed by atoms with E-state index in [4.69, 9.17) is 9.47 Å². The largest absolute Gasteiger partial charge is 0.475 e. The molecule has 2 aromatic heterocycles. The fourth-order valence-electron chi connectivity index (χ4n) is 1.89. The predicted octanol–water partition coefficient (Wildman–Crippen LogP) is 3.49. The van der Waals surface area contributed by atoms with Crippen molar-refractivity contribution >= 4 is 27.5 Å². The number of hydrogen-bond donors (Lipinski definition) is 1. The number of ether oxygens (including phenoxy) is 2. The van der Waals surface area contributed by atoms with Crippen molar-refractivity contribution < 1.29 is 9.47 Å². The molecule has 6 heteroatoms. The maximum Gasteiger partial charge on any atom is 0.227 e. The summed E-state index contributed by atoms with van der Waals surface area (Å²) in [6.45, 7) is 8.87. The number of fused-ring (bicyclic) bond motifs is 1. The van der Waals surface area contributed by atoms with Crippen LogP contribution in [0.5, 0.6) is 5.88 Å². The Hall–Kier alpha value is -1.40. The fourth-order valence-corrected chi connectivity index (χ4v) is 2.84. The normalized spacial score (nSPS) is 11.0. The van der Waals surface area contributed by atoms with Crippen molar-refractivity contribution in [2.45, 2.75) is 33.6 Å². The number of nitrogens with one attached hydrogen (secondary N) is 1. The maximum absolute atomic E-state index is 5.79. The summed E-state index contributed by atoms with van der Waals surface area (Å²) in [6.07, 6.45) is 2.03. The second-order valence-electron chi connectivity index (χ2n) is 4.61. The van der Waals surface area contributed by atoms with Crippen LogP contribution in [-0.2, 0) is 11.2 Å². The third-order valence-corrected chi connectivity index (χ3v) is 4.13. The molecular weight excluding hydrogens is 286 g/mol. The number of aromatic nitrogens is 2. The molecule has 0 saturated heterocycles. The minimum atomic E-state index is 0.504. The van der Waals surface area contributed by atoms with Crippen molar-refractivity contribution in [1.29, 1.82) is 0 Å². The molecule has 0 atom stereocenters. The van der Waals surface area contributed by atoms with Gasteiger partial charge in [0.1, 0.15) is 11.4 Å². The van der Waals surface area contributed by atoms with Crippen LogP contribution < -0.4 is 10.1 Å². The summed E-state index contributed by atoms with van der Waals surface area (Å²) in [4.78, 5) is 11.3. The highest BCUT2D eigenvalue weighted by molar-refractivity contribution is 7.18. The van der Waals surface area contributed by atoms with Gasteiger partial charge in [-0.15, -0.1) is 11.3 Å². The summed E-state index contributed by atoms with van der Waals surface area (Å²) in [5.41, 5.74) is 0. The Balaban J connectivity index is 2.22. The first-order valence-electron chi connectivity index (χ1n) is 7.53. The molecule has 0 bridgehead atoms. The lowest BCUT2D eigenvalue weighted by molar-refractivity contribution is 0.109. The molecule has 0 spiro atoms. The minimum absolute atomic E-state index is 0.504. The third-order valence-electron chi connectivity index (χ3n) is 2.96. The van der Waals surface area contributed by atoms with Crippen LogP contribution in [0, 0.1) is 0 Å². The van der Waals surface area contributed by atoms with Gasteiger partial charge in [-0.1, -0.05) is 13.8 Å². The Labute approximate surface area is 129 Å².